The lowest BCUT2D eigenvalue weighted by atomic mass is 9.80. The Bertz CT molecular complexity index is 180. The van der Waals surface area contributed by atoms with Gasteiger partial charge in [-0.15, -0.1) is 0 Å². The fraction of sp³-hybridized carbons (Fsp3) is 0.889. The van der Waals surface area contributed by atoms with Crippen molar-refractivity contribution in [2.45, 2.75) is 44.1 Å². The lowest BCUT2D eigenvalue weighted by Gasteiger charge is -2.24. The molecular formula is C9H15NO. The van der Waals surface area contributed by atoms with E-state index in [-0.39, 0.29) is 5.54 Å². The predicted octanol–water partition coefficient (Wildman–Crippen LogP) is 1.24. The summed E-state index contributed by atoms with van der Waals surface area (Å²) in [6.45, 7) is 0. The Balaban J connectivity index is 1.81. The third-order valence-electron chi connectivity index (χ3n) is 2.98. The highest BCUT2D eigenvalue weighted by Gasteiger charge is 2.41. The molecule has 2 aliphatic rings. The molecule has 0 atom stereocenters. The van der Waals surface area contributed by atoms with Gasteiger partial charge in [-0.3, -0.25) is 4.79 Å². The molecule has 62 valence electrons. The summed E-state index contributed by atoms with van der Waals surface area (Å²) in [7, 11) is 0. The molecule has 2 N–H and O–H groups in total. The zero-order valence-corrected chi connectivity index (χ0v) is 6.81. The van der Waals surface area contributed by atoms with Gasteiger partial charge in [0.25, 0.3) is 0 Å². The van der Waals surface area contributed by atoms with Gasteiger partial charge in [-0.2, -0.15) is 0 Å². The van der Waals surface area contributed by atoms with E-state index < -0.39 is 0 Å². The first-order valence-electron chi connectivity index (χ1n) is 4.51. The molecule has 0 radical (unpaired) electrons. The molecule has 11 heavy (non-hydrogen) atoms. The lowest BCUT2D eigenvalue weighted by Crippen LogP contribution is -2.31. The van der Waals surface area contributed by atoms with Crippen molar-refractivity contribution in [2.75, 3.05) is 0 Å². The van der Waals surface area contributed by atoms with Crippen LogP contribution in [-0.4, -0.2) is 11.3 Å². The quantitative estimate of drug-likeness (QED) is 0.662. The summed E-state index contributed by atoms with van der Waals surface area (Å²) in [6.07, 6.45) is 6.26. The molecule has 0 amide bonds. The summed E-state index contributed by atoms with van der Waals surface area (Å²) < 4.78 is 0. The van der Waals surface area contributed by atoms with Gasteiger partial charge in [-0.05, 0) is 25.7 Å². The van der Waals surface area contributed by atoms with Gasteiger partial charge in [0.05, 0.1) is 0 Å². The Morgan fingerprint density at radius 1 is 1.45 bits per heavy atom. The highest BCUT2D eigenvalue weighted by atomic mass is 16.1. The van der Waals surface area contributed by atoms with Crippen LogP contribution in [-0.2, 0) is 4.79 Å². The van der Waals surface area contributed by atoms with E-state index in [1.807, 2.05) is 0 Å². The number of nitrogens with two attached hydrogens (primary N) is 1. The number of ketones is 1. The van der Waals surface area contributed by atoms with E-state index in [1.165, 1.54) is 6.42 Å². The van der Waals surface area contributed by atoms with Gasteiger partial charge in [0.15, 0.2) is 0 Å². The van der Waals surface area contributed by atoms with Crippen LogP contribution in [0.1, 0.15) is 38.5 Å². The van der Waals surface area contributed by atoms with E-state index in [4.69, 9.17) is 5.73 Å². The first-order valence-corrected chi connectivity index (χ1v) is 4.51. The fourth-order valence-corrected chi connectivity index (χ4v) is 1.56. The SMILES string of the molecule is NC1(CC(=O)C2CCC2)CC1. The van der Waals surface area contributed by atoms with Crippen molar-refractivity contribution in [3.63, 3.8) is 0 Å². The van der Waals surface area contributed by atoms with Crippen LogP contribution in [0, 0.1) is 5.92 Å². The van der Waals surface area contributed by atoms with Gasteiger partial charge in [0, 0.05) is 17.9 Å². The van der Waals surface area contributed by atoms with Crippen molar-refractivity contribution in [1.82, 2.24) is 0 Å². The summed E-state index contributed by atoms with van der Waals surface area (Å²) in [6, 6.07) is 0. The summed E-state index contributed by atoms with van der Waals surface area (Å²) in [5.74, 6) is 0.812. The maximum absolute atomic E-state index is 11.4. The molecular weight excluding hydrogens is 138 g/mol. The summed E-state index contributed by atoms with van der Waals surface area (Å²) in [4.78, 5) is 11.4. The molecule has 2 fully saturated rings. The standard InChI is InChI=1S/C9H15NO/c10-9(4-5-9)6-8(11)7-2-1-3-7/h7H,1-6,10H2. The van der Waals surface area contributed by atoms with Crippen molar-refractivity contribution in [3.8, 4) is 0 Å². The van der Waals surface area contributed by atoms with Gasteiger partial charge in [0.1, 0.15) is 5.78 Å². The lowest BCUT2D eigenvalue weighted by molar-refractivity contribution is -0.125. The van der Waals surface area contributed by atoms with Crippen LogP contribution in [0.15, 0.2) is 0 Å². The van der Waals surface area contributed by atoms with Crippen LogP contribution in [0.4, 0.5) is 0 Å². The van der Waals surface area contributed by atoms with Gasteiger partial charge in [-0.1, -0.05) is 6.42 Å². The predicted molar refractivity (Wildman–Crippen MR) is 43.1 cm³/mol. The molecule has 2 nitrogen and oxygen atoms in total. The average Bonchev–Trinajstić information content (AvgIpc) is 2.41. The molecule has 0 spiro atoms. The normalized spacial score (nSPS) is 27.7. The minimum atomic E-state index is -0.0628. The van der Waals surface area contributed by atoms with Crippen LogP contribution in [0.5, 0.6) is 0 Å². The Hall–Kier alpha value is -0.370. The maximum Gasteiger partial charge on any atom is 0.137 e. The zero-order valence-electron chi connectivity index (χ0n) is 6.81. The molecule has 0 unspecified atom stereocenters. The number of carbonyl (C=O) groups is 1. The number of carbonyl (C=O) groups excluding carboxylic acids is 1. The first kappa shape index (κ1) is 7.29. The first-order chi connectivity index (χ1) is 5.20. The van der Waals surface area contributed by atoms with E-state index in [0.717, 1.165) is 25.7 Å². The fourth-order valence-electron chi connectivity index (χ4n) is 1.56. The zero-order chi connectivity index (χ0) is 7.90. The van der Waals surface area contributed by atoms with E-state index in [9.17, 15) is 4.79 Å². The highest BCUT2D eigenvalue weighted by Crippen LogP contribution is 2.39. The molecule has 0 bridgehead atoms. The second-order valence-electron chi connectivity index (χ2n) is 4.13. The van der Waals surface area contributed by atoms with Gasteiger partial charge >= 0.3 is 0 Å². The summed E-state index contributed by atoms with van der Waals surface area (Å²) in [5.41, 5.74) is 5.78. The van der Waals surface area contributed by atoms with Crippen LogP contribution in [0.2, 0.25) is 0 Å². The molecule has 0 aromatic rings. The van der Waals surface area contributed by atoms with E-state index in [2.05, 4.69) is 0 Å². The van der Waals surface area contributed by atoms with Crippen LogP contribution < -0.4 is 5.73 Å². The number of hydrogen-bond acceptors (Lipinski definition) is 2. The maximum atomic E-state index is 11.4. The largest absolute Gasteiger partial charge is 0.325 e. The number of rotatable bonds is 3. The van der Waals surface area contributed by atoms with Crippen molar-refractivity contribution in [2.24, 2.45) is 11.7 Å². The van der Waals surface area contributed by atoms with Crippen molar-refractivity contribution >= 4 is 5.78 Å². The minimum absolute atomic E-state index is 0.0628. The third-order valence-corrected chi connectivity index (χ3v) is 2.98. The molecule has 0 aromatic carbocycles. The molecule has 0 heterocycles. The van der Waals surface area contributed by atoms with Gasteiger partial charge in [-0.25, -0.2) is 0 Å². The topological polar surface area (TPSA) is 43.1 Å². The second kappa shape index (κ2) is 2.31. The smallest absolute Gasteiger partial charge is 0.137 e. The molecule has 2 aliphatic carbocycles. The van der Waals surface area contributed by atoms with Gasteiger partial charge < -0.3 is 5.73 Å². The Morgan fingerprint density at radius 2 is 2.09 bits per heavy atom. The summed E-state index contributed by atoms with van der Waals surface area (Å²) >= 11 is 0. The van der Waals surface area contributed by atoms with E-state index >= 15 is 0 Å². The molecule has 2 saturated carbocycles. The van der Waals surface area contributed by atoms with E-state index in [1.54, 1.807) is 0 Å². The van der Waals surface area contributed by atoms with Crippen molar-refractivity contribution in [3.05, 3.63) is 0 Å². The number of hydrogen-bond donors (Lipinski definition) is 1. The summed E-state index contributed by atoms with van der Waals surface area (Å²) in [5, 5.41) is 0. The third kappa shape index (κ3) is 1.45. The van der Waals surface area contributed by atoms with E-state index in [0.29, 0.717) is 18.1 Å². The van der Waals surface area contributed by atoms with Crippen LogP contribution >= 0.6 is 0 Å². The Morgan fingerprint density at radius 3 is 2.45 bits per heavy atom. The van der Waals surface area contributed by atoms with Crippen molar-refractivity contribution < 1.29 is 4.79 Å². The number of Topliss-reactive ketones (excluding diaryl/α,β-unsaturated/α-hetero) is 1. The molecule has 2 rings (SSSR count). The Labute approximate surface area is 67.1 Å². The van der Waals surface area contributed by atoms with Gasteiger partial charge in [0.2, 0.25) is 0 Å². The monoisotopic (exact) mass is 153 g/mol. The van der Waals surface area contributed by atoms with Crippen LogP contribution in [0.3, 0.4) is 0 Å². The van der Waals surface area contributed by atoms with Crippen molar-refractivity contribution in [1.29, 1.82) is 0 Å². The molecule has 0 saturated heterocycles. The van der Waals surface area contributed by atoms with Crippen LogP contribution in [0.25, 0.3) is 0 Å². The average molecular weight is 153 g/mol. The second-order valence-corrected chi connectivity index (χ2v) is 4.13. The Kier molecular flexibility index (Phi) is 1.53. The molecule has 0 aromatic heterocycles. The molecule has 2 heteroatoms. The highest BCUT2D eigenvalue weighted by molar-refractivity contribution is 5.83. The molecule has 0 aliphatic heterocycles. The minimum Gasteiger partial charge on any atom is -0.325 e.